The summed E-state index contributed by atoms with van der Waals surface area (Å²) in [6, 6.07) is 4.57. The number of nitrogens with zero attached hydrogens (tertiary/aromatic N) is 1. The maximum absolute atomic E-state index is 11.3. The summed E-state index contributed by atoms with van der Waals surface area (Å²) in [6.07, 6.45) is 0.130. The number of ether oxygens (including phenoxy) is 1. The molecule has 98 valence electrons. The second kappa shape index (κ2) is 4.71. The van der Waals surface area contributed by atoms with E-state index in [1.165, 1.54) is 7.11 Å². The van der Waals surface area contributed by atoms with E-state index in [9.17, 15) is 13.2 Å². The van der Waals surface area contributed by atoms with Crippen LogP contribution < -0.4 is 4.74 Å². The fraction of sp³-hybridized carbons (Fsp3) is 0.300. The number of methoxy groups -OCH3 is 1. The Kier molecular flexibility index (Phi) is 3.57. The third-order valence-electron chi connectivity index (χ3n) is 2.69. The zero-order valence-corrected chi connectivity index (χ0v) is 12.4. The Morgan fingerprint density at radius 1 is 1.50 bits per heavy atom. The van der Waals surface area contributed by atoms with Crippen molar-refractivity contribution >= 4 is 41.8 Å². The number of hydrogen-bond donors (Lipinski definition) is 0. The third-order valence-corrected chi connectivity index (χ3v) is 4.69. The van der Waals surface area contributed by atoms with Crippen LogP contribution in [0.2, 0.25) is 0 Å². The van der Waals surface area contributed by atoms with Crippen molar-refractivity contribution in [3.05, 3.63) is 28.2 Å². The summed E-state index contributed by atoms with van der Waals surface area (Å²) >= 11 is 3.30. The summed E-state index contributed by atoms with van der Waals surface area (Å²) in [4.78, 5) is 11.3. The van der Waals surface area contributed by atoms with E-state index in [0.717, 1.165) is 0 Å². The van der Waals surface area contributed by atoms with Crippen LogP contribution in [-0.2, 0) is 14.0 Å². The van der Waals surface area contributed by atoms with Crippen LogP contribution in [0.5, 0.6) is 5.75 Å². The van der Waals surface area contributed by atoms with Gasteiger partial charge >= 0.3 is 9.24 Å². The molecule has 0 radical (unpaired) electrons. The van der Waals surface area contributed by atoms with Gasteiger partial charge in [0.25, 0.3) is 0 Å². The Morgan fingerprint density at radius 3 is 2.61 bits per heavy atom. The number of halogens is 2. The smallest absolute Gasteiger partial charge is 0.324 e. The molecule has 5 nitrogen and oxygen atoms in total. The molecule has 8 heteroatoms. The van der Waals surface area contributed by atoms with Gasteiger partial charge in [-0.15, -0.1) is 0 Å². The Hall–Kier alpha value is -0.790. The summed E-state index contributed by atoms with van der Waals surface area (Å²) in [6.45, 7) is 0. The van der Waals surface area contributed by atoms with Gasteiger partial charge in [0.15, 0.2) is 0 Å². The second-order valence-corrected chi connectivity index (χ2v) is 6.99. The van der Waals surface area contributed by atoms with E-state index < -0.39 is 21.2 Å². The van der Waals surface area contributed by atoms with Crippen LogP contribution in [0.25, 0.3) is 0 Å². The highest BCUT2D eigenvalue weighted by Crippen LogP contribution is 2.40. The third kappa shape index (κ3) is 2.34. The minimum atomic E-state index is -4.03. The van der Waals surface area contributed by atoms with Gasteiger partial charge in [0.05, 0.1) is 24.0 Å². The normalized spacial score (nSPS) is 19.6. The molecule has 1 heterocycles. The van der Waals surface area contributed by atoms with Crippen molar-refractivity contribution in [2.75, 3.05) is 7.11 Å². The molecule has 0 aliphatic carbocycles. The van der Waals surface area contributed by atoms with Crippen molar-refractivity contribution in [1.29, 1.82) is 0 Å². The largest absolute Gasteiger partial charge is 0.496 e. The molecular weight excluding hydrogens is 346 g/mol. The predicted molar refractivity (Wildman–Crippen MR) is 69.7 cm³/mol. The highest BCUT2D eigenvalue weighted by atomic mass is 79.9. The monoisotopic (exact) mass is 353 g/mol. The first-order valence-corrected chi connectivity index (χ1v) is 8.01. The van der Waals surface area contributed by atoms with Gasteiger partial charge in [0.1, 0.15) is 5.75 Å². The van der Waals surface area contributed by atoms with Crippen molar-refractivity contribution in [3.8, 4) is 5.75 Å². The number of β-lactam (4-membered cyclic amide) rings is 1. The first-order chi connectivity index (χ1) is 8.34. The lowest BCUT2D eigenvalue weighted by molar-refractivity contribution is -0.137. The topological polar surface area (TPSA) is 63.7 Å². The van der Waals surface area contributed by atoms with Gasteiger partial charge in [-0.05, 0) is 33.6 Å². The molecule has 1 atom stereocenters. The van der Waals surface area contributed by atoms with Crippen molar-refractivity contribution < 1.29 is 17.9 Å². The fourth-order valence-electron chi connectivity index (χ4n) is 1.82. The molecule has 0 N–H and O–H groups in total. The van der Waals surface area contributed by atoms with E-state index in [0.29, 0.717) is 20.1 Å². The van der Waals surface area contributed by atoms with Crippen LogP contribution in [0.4, 0.5) is 0 Å². The first-order valence-electron chi connectivity index (χ1n) is 4.95. The van der Waals surface area contributed by atoms with E-state index in [-0.39, 0.29) is 6.42 Å². The highest BCUT2D eigenvalue weighted by Gasteiger charge is 2.44. The molecule has 1 aliphatic rings. The number of carbonyl (C=O) groups is 1. The lowest BCUT2D eigenvalue weighted by atomic mass is 9.97. The van der Waals surface area contributed by atoms with Crippen LogP contribution in [0.15, 0.2) is 22.7 Å². The average Bonchev–Trinajstić information content (AvgIpc) is 2.23. The molecule has 0 spiro atoms. The summed E-state index contributed by atoms with van der Waals surface area (Å²) in [5.74, 6) is 0.131. The first kappa shape index (κ1) is 13.6. The Bertz CT molecular complexity index is 604. The molecule has 1 fully saturated rings. The molecule has 18 heavy (non-hydrogen) atoms. The quantitative estimate of drug-likeness (QED) is 0.617. The Labute approximate surface area is 117 Å². The van der Waals surface area contributed by atoms with Gasteiger partial charge in [0, 0.05) is 10.7 Å². The van der Waals surface area contributed by atoms with E-state index in [4.69, 9.17) is 15.4 Å². The molecular formula is C10H9BrClNO4S. The van der Waals surface area contributed by atoms with Gasteiger partial charge in [0.2, 0.25) is 5.91 Å². The fourth-order valence-corrected chi connectivity index (χ4v) is 3.71. The van der Waals surface area contributed by atoms with Crippen molar-refractivity contribution in [2.24, 2.45) is 0 Å². The summed E-state index contributed by atoms with van der Waals surface area (Å²) < 4.78 is 28.9. The standard InChI is InChI=1S/C10H9BrClNO4S/c1-17-9-3-2-6(4-7(9)11)8-5-10(14)13(8)18(12,15)16/h2-4,8H,5H2,1H3. The molecule has 1 amide bonds. The lowest BCUT2D eigenvalue weighted by Crippen LogP contribution is -2.47. The van der Waals surface area contributed by atoms with Gasteiger partial charge in [-0.1, -0.05) is 6.07 Å². The Morgan fingerprint density at radius 2 is 2.17 bits per heavy atom. The summed E-state index contributed by atoms with van der Waals surface area (Å²) in [5, 5.41) is 0. The van der Waals surface area contributed by atoms with Crippen LogP contribution in [0, 0.1) is 0 Å². The number of benzene rings is 1. The van der Waals surface area contributed by atoms with Crippen molar-refractivity contribution in [2.45, 2.75) is 12.5 Å². The number of carbonyl (C=O) groups excluding carboxylic acids is 1. The Balaban J connectivity index is 2.34. The van der Waals surface area contributed by atoms with Crippen molar-refractivity contribution in [1.82, 2.24) is 4.31 Å². The molecule has 0 bridgehead atoms. The molecule has 0 aromatic heterocycles. The summed E-state index contributed by atoms with van der Waals surface area (Å²) in [7, 11) is 2.71. The molecule has 1 saturated heterocycles. The highest BCUT2D eigenvalue weighted by molar-refractivity contribution is 9.10. The van der Waals surface area contributed by atoms with Crippen LogP contribution in [0.1, 0.15) is 18.0 Å². The maximum atomic E-state index is 11.3. The van der Waals surface area contributed by atoms with Gasteiger partial charge in [-0.25, -0.2) is 4.31 Å². The van der Waals surface area contributed by atoms with E-state index in [1.807, 2.05) is 0 Å². The molecule has 0 saturated carbocycles. The number of hydrogen-bond acceptors (Lipinski definition) is 4. The summed E-state index contributed by atoms with van der Waals surface area (Å²) in [5.41, 5.74) is 0.687. The average molecular weight is 355 g/mol. The maximum Gasteiger partial charge on any atom is 0.324 e. The lowest BCUT2D eigenvalue weighted by Gasteiger charge is -2.37. The number of amides is 1. The SMILES string of the molecule is COc1ccc(C2CC(=O)N2S(=O)(=O)Cl)cc1Br. The molecule has 1 aliphatic heterocycles. The minimum absolute atomic E-state index is 0.130. The van der Waals surface area contributed by atoms with Crippen molar-refractivity contribution in [3.63, 3.8) is 0 Å². The zero-order valence-electron chi connectivity index (χ0n) is 9.26. The van der Waals surface area contributed by atoms with E-state index in [1.54, 1.807) is 18.2 Å². The zero-order chi connectivity index (χ0) is 13.5. The second-order valence-electron chi connectivity index (χ2n) is 3.75. The van der Waals surface area contributed by atoms with Crippen LogP contribution in [0.3, 0.4) is 0 Å². The molecule has 1 aromatic carbocycles. The van der Waals surface area contributed by atoms with Crippen LogP contribution in [-0.4, -0.2) is 25.7 Å². The van der Waals surface area contributed by atoms with E-state index >= 15 is 0 Å². The molecule has 1 aromatic rings. The van der Waals surface area contributed by atoms with Gasteiger partial charge in [-0.3, -0.25) is 4.79 Å². The van der Waals surface area contributed by atoms with Gasteiger partial charge in [-0.2, -0.15) is 8.42 Å². The molecule has 1 unspecified atom stereocenters. The van der Waals surface area contributed by atoms with Crippen LogP contribution >= 0.6 is 26.6 Å². The number of rotatable bonds is 3. The molecule has 2 rings (SSSR count). The van der Waals surface area contributed by atoms with Gasteiger partial charge < -0.3 is 4.74 Å². The van der Waals surface area contributed by atoms with E-state index in [2.05, 4.69) is 15.9 Å². The minimum Gasteiger partial charge on any atom is -0.496 e. The predicted octanol–water partition coefficient (Wildman–Crippen LogP) is 2.21.